The van der Waals surface area contributed by atoms with Crippen molar-refractivity contribution >= 4 is 34.2 Å². The number of benzene rings is 1. The molecule has 6 aliphatic rings. The van der Waals surface area contributed by atoms with Gasteiger partial charge in [-0.05, 0) is 62.6 Å². The van der Waals surface area contributed by atoms with Crippen LogP contribution in [0, 0.1) is 17.1 Å². The number of alkyl halides is 1. The van der Waals surface area contributed by atoms with Gasteiger partial charge in [0, 0.05) is 74.1 Å². The number of amides is 1. The molecule has 1 aromatic carbocycles. The van der Waals surface area contributed by atoms with Crippen LogP contribution in [0.5, 0.6) is 6.01 Å². The summed E-state index contributed by atoms with van der Waals surface area (Å²) >= 11 is 6.65. The van der Waals surface area contributed by atoms with Gasteiger partial charge in [-0.25, -0.2) is 8.78 Å². The first-order valence-electron chi connectivity index (χ1n) is 19.4. The van der Waals surface area contributed by atoms with Crippen molar-refractivity contribution < 1.29 is 23.0 Å². The number of carbonyl (C=O) groups is 1. The van der Waals surface area contributed by atoms with Gasteiger partial charge in [0.25, 0.3) is 0 Å². The minimum atomic E-state index is -0.924. The van der Waals surface area contributed by atoms with Crippen molar-refractivity contribution in [3.8, 4) is 23.3 Å². The molecule has 5 saturated heterocycles. The number of anilines is 1. The molecule has 1 aliphatic carbocycles. The van der Waals surface area contributed by atoms with E-state index in [-0.39, 0.29) is 42.1 Å². The molecule has 1 amide bonds. The van der Waals surface area contributed by atoms with Crippen molar-refractivity contribution in [1.29, 1.82) is 5.26 Å². The average Bonchev–Trinajstić information content (AvgIpc) is 3.81. The number of piperazine rings is 1. The van der Waals surface area contributed by atoms with Crippen molar-refractivity contribution in [3.63, 3.8) is 0 Å². The van der Waals surface area contributed by atoms with Crippen LogP contribution in [0.15, 0.2) is 36.5 Å². The number of nitrogens with zero attached hydrogens (tertiary/aromatic N) is 8. The van der Waals surface area contributed by atoms with Crippen LogP contribution in [0.4, 0.5) is 14.6 Å². The molecule has 3 aromatic rings. The van der Waals surface area contributed by atoms with Crippen molar-refractivity contribution in [1.82, 2.24) is 29.7 Å². The first-order valence-corrected chi connectivity index (χ1v) is 19.8. The lowest BCUT2D eigenvalue weighted by Crippen LogP contribution is -2.55. The number of halogens is 3. The van der Waals surface area contributed by atoms with Crippen LogP contribution in [0.2, 0.25) is 5.02 Å². The molecule has 0 N–H and O–H groups in total. The molecule has 6 fully saturated rings. The molecule has 5 atom stereocenters. The zero-order valence-corrected chi connectivity index (χ0v) is 31.1. The molecule has 7 heterocycles. The smallest absolute Gasteiger partial charge is 0.319 e. The molecular formula is C40H45ClF2N8O3. The molecular weight excluding hydrogens is 714 g/mol. The van der Waals surface area contributed by atoms with E-state index in [1.54, 1.807) is 23.2 Å². The van der Waals surface area contributed by atoms with Gasteiger partial charge in [0.05, 0.1) is 42.7 Å². The molecule has 1 saturated carbocycles. The highest BCUT2D eigenvalue weighted by Crippen LogP contribution is 2.48. The second kappa shape index (κ2) is 14.6. The molecule has 5 aliphatic heterocycles. The summed E-state index contributed by atoms with van der Waals surface area (Å²) in [5.74, 6) is -0.0622. The molecule has 0 radical (unpaired) electrons. The summed E-state index contributed by atoms with van der Waals surface area (Å²) in [6.45, 7) is 4.57. The standard InChI is InChI=1S/C40H45ClF2N8O3/c41-32-5-1-4-30(34(32)25-7-8-25)36-35(43)37-31(19-45-36)38(47-39(46-37)54-24-40-12-3-14-49(40)20-26(42)18-40)48-16-17-51(27(21-48)11-13-44)33(52)6-2-15-50-28-9-10-29(50)23-53-22-28/h1-2,4-6,19,25-29H,3,7-12,14-18,20-24H2/b6-2+/t26-,27+,28-,29+,40+/m1/s1. The summed E-state index contributed by atoms with van der Waals surface area (Å²) in [5, 5.41) is 10.8. The lowest BCUT2D eigenvalue weighted by atomic mass is 9.95. The zero-order valence-electron chi connectivity index (χ0n) is 30.3. The second-order valence-corrected chi connectivity index (χ2v) is 16.3. The number of fused-ring (bicyclic) bond motifs is 4. The molecule has 0 spiro atoms. The van der Waals surface area contributed by atoms with E-state index in [0.717, 1.165) is 63.8 Å². The number of hydrogen-bond donors (Lipinski definition) is 0. The van der Waals surface area contributed by atoms with E-state index in [4.69, 9.17) is 26.1 Å². The maximum atomic E-state index is 16.9. The Kier molecular flexibility index (Phi) is 9.66. The van der Waals surface area contributed by atoms with Gasteiger partial charge in [-0.15, -0.1) is 0 Å². The van der Waals surface area contributed by atoms with Crippen LogP contribution in [-0.2, 0) is 9.53 Å². The molecule has 14 heteroatoms. The van der Waals surface area contributed by atoms with Crippen LogP contribution in [0.3, 0.4) is 0 Å². The van der Waals surface area contributed by atoms with Crippen LogP contribution in [0.25, 0.3) is 22.2 Å². The maximum Gasteiger partial charge on any atom is 0.319 e. The predicted molar refractivity (Wildman–Crippen MR) is 200 cm³/mol. The Labute approximate surface area is 318 Å². The Morgan fingerprint density at radius 2 is 1.96 bits per heavy atom. The van der Waals surface area contributed by atoms with Crippen LogP contribution >= 0.6 is 11.6 Å². The van der Waals surface area contributed by atoms with E-state index < -0.39 is 23.6 Å². The van der Waals surface area contributed by atoms with Crippen molar-refractivity contribution in [2.24, 2.45) is 0 Å². The lowest BCUT2D eigenvalue weighted by molar-refractivity contribution is -0.128. The first kappa shape index (κ1) is 35.7. The quantitative estimate of drug-likeness (QED) is 0.240. The normalized spacial score (nSPS) is 28.6. The fourth-order valence-corrected chi connectivity index (χ4v) is 10.0. The van der Waals surface area contributed by atoms with E-state index in [1.165, 1.54) is 0 Å². The number of rotatable bonds is 10. The lowest BCUT2D eigenvalue weighted by Gasteiger charge is -2.41. The van der Waals surface area contributed by atoms with Gasteiger partial charge < -0.3 is 19.3 Å². The van der Waals surface area contributed by atoms with Crippen LogP contribution in [0.1, 0.15) is 62.8 Å². The Hall–Kier alpha value is -3.96. The Balaban J connectivity index is 1.02. The minimum Gasteiger partial charge on any atom is -0.461 e. The monoisotopic (exact) mass is 758 g/mol. The highest BCUT2D eigenvalue weighted by molar-refractivity contribution is 6.32. The Morgan fingerprint density at radius 3 is 2.76 bits per heavy atom. The second-order valence-electron chi connectivity index (χ2n) is 15.9. The summed E-state index contributed by atoms with van der Waals surface area (Å²) in [4.78, 5) is 36.0. The van der Waals surface area contributed by atoms with E-state index in [2.05, 4.69) is 25.8 Å². The fourth-order valence-electron chi connectivity index (χ4n) is 9.69. The summed E-state index contributed by atoms with van der Waals surface area (Å²) in [6, 6.07) is 8.10. The molecule has 2 aromatic heterocycles. The molecule has 9 rings (SSSR count). The van der Waals surface area contributed by atoms with Gasteiger partial charge >= 0.3 is 6.01 Å². The van der Waals surface area contributed by atoms with Crippen LogP contribution < -0.4 is 9.64 Å². The van der Waals surface area contributed by atoms with Gasteiger partial charge in [-0.2, -0.15) is 15.2 Å². The van der Waals surface area contributed by atoms with E-state index in [1.807, 2.05) is 23.1 Å². The largest absolute Gasteiger partial charge is 0.461 e. The third kappa shape index (κ3) is 6.59. The third-order valence-electron chi connectivity index (χ3n) is 12.5. The molecule has 11 nitrogen and oxygen atoms in total. The van der Waals surface area contributed by atoms with Gasteiger partial charge in [0.1, 0.15) is 29.8 Å². The number of aromatic nitrogens is 3. The maximum absolute atomic E-state index is 16.9. The van der Waals surface area contributed by atoms with E-state index in [0.29, 0.717) is 73.0 Å². The molecule has 0 unspecified atom stereocenters. The Morgan fingerprint density at radius 1 is 1.13 bits per heavy atom. The number of morpholine rings is 1. The highest BCUT2D eigenvalue weighted by atomic mass is 35.5. The average molecular weight is 759 g/mol. The third-order valence-corrected chi connectivity index (χ3v) is 12.9. The summed E-state index contributed by atoms with van der Waals surface area (Å²) < 4.78 is 43.6. The summed E-state index contributed by atoms with van der Waals surface area (Å²) in [6.07, 6.45) is 10.7. The minimum absolute atomic E-state index is 0.000876. The highest BCUT2D eigenvalue weighted by Gasteiger charge is 2.49. The Bertz CT molecular complexity index is 1990. The number of nitriles is 1. The number of ether oxygens (including phenoxy) is 2. The topological polar surface area (TPSA) is 111 Å². The van der Waals surface area contributed by atoms with Gasteiger partial charge in [0.2, 0.25) is 5.91 Å². The SMILES string of the molecule is N#CC[C@H]1CN(c2nc(OC[C@@]34CCCN3C[C@H](F)C4)nc3c(F)c(-c4cccc(Cl)c4C4CC4)ncc23)CCN1C(=O)/C=C/CN1[C@@H]2CC[C@H]1COC2. The first-order chi connectivity index (χ1) is 26.3. The number of carbonyl (C=O) groups excluding carboxylic acids is 1. The predicted octanol–water partition coefficient (Wildman–Crippen LogP) is 5.67. The van der Waals surface area contributed by atoms with Gasteiger partial charge in [-0.3, -0.25) is 19.6 Å². The van der Waals surface area contributed by atoms with Crippen molar-refractivity contribution in [3.05, 3.63) is 53.0 Å². The van der Waals surface area contributed by atoms with Crippen molar-refractivity contribution in [2.75, 3.05) is 64.0 Å². The van der Waals surface area contributed by atoms with Crippen LogP contribution in [-0.4, -0.2) is 124 Å². The number of hydrogen-bond acceptors (Lipinski definition) is 10. The van der Waals surface area contributed by atoms with E-state index >= 15 is 4.39 Å². The molecule has 284 valence electrons. The number of pyridine rings is 1. The summed E-state index contributed by atoms with van der Waals surface area (Å²) in [5.41, 5.74) is 1.31. The van der Waals surface area contributed by atoms with Gasteiger partial charge in [-0.1, -0.05) is 29.8 Å². The zero-order chi connectivity index (χ0) is 37.0. The molecule has 54 heavy (non-hydrogen) atoms. The van der Waals surface area contributed by atoms with Gasteiger partial charge in [0.15, 0.2) is 5.82 Å². The van der Waals surface area contributed by atoms with E-state index in [9.17, 15) is 14.4 Å². The van der Waals surface area contributed by atoms with Crippen molar-refractivity contribution in [2.45, 2.75) is 87.1 Å². The molecule has 2 bridgehead atoms. The fraction of sp³-hybridized carbons (Fsp3) is 0.575. The summed E-state index contributed by atoms with van der Waals surface area (Å²) in [7, 11) is 0.